The maximum atomic E-state index is 11.5. The van der Waals surface area contributed by atoms with E-state index in [4.69, 9.17) is 5.73 Å². The van der Waals surface area contributed by atoms with Gasteiger partial charge in [-0.2, -0.15) is 0 Å². The summed E-state index contributed by atoms with van der Waals surface area (Å²) in [5, 5.41) is 0. The molecule has 0 aliphatic heterocycles. The van der Waals surface area contributed by atoms with E-state index in [1.165, 1.54) is 0 Å². The highest BCUT2D eigenvalue weighted by molar-refractivity contribution is 7.91. The summed E-state index contributed by atoms with van der Waals surface area (Å²) < 4.78 is 22.9. The van der Waals surface area contributed by atoms with Crippen LogP contribution in [0.5, 0.6) is 0 Å². The van der Waals surface area contributed by atoms with Crippen LogP contribution in [0.2, 0.25) is 0 Å². The molecule has 0 aromatic heterocycles. The summed E-state index contributed by atoms with van der Waals surface area (Å²) >= 11 is 0. The van der Waals surface area contributed by atoms with Crippen LogP contribution < -0.4 is 5.73 Å². The van der Waals surface area contributed by atoms with Crippen molar-refractivity contribution in [1.82, 2.24) is 0 Å². The average molecular weight is 199 g/mol. The van der Waals surface area contributed by atoms with Crippen LogP contribution in [0.1, 0.15) is 5.56 Å². The number of hydrogen-bond donors (Lipinski definition) is 1. The van der Waals surface area contributed by atoms with Crippen LogP contribution >= 0.6 is 0 Å². The van der Waals surface area contributed by atoms with Crippen LogP contribution in [-0.2, 0) is 9.84 Å². The molecule has 1 rings (SSSR count). The highest BCUT2D eigenvalue weighted by Crippen LogP contribution is 2.11. The summed E-state index contributed by atoms with van der Waals surface area (Å²) in [5.74, 6) is 0.00998. The van der Waals surface area contributed by atoms with Gasteiger partial charge >= 0.3 is 0 Å². The fraction of sp³-hybridized carbons (Fsp3) is 0.333. The Hall–Kier alpha value is -0.870. The summed E-state index contributed by atoms with van der Waals surface area (Å²) in [4.78, 5) is 0.351. The number of hydrogen-bond acceptors (Lipinski definition) is 3. The number of nitrogens with two attached hydrogens (primary N) is 1. The second-order valence-electron chi connectivity index (χ2n) is 2.92. The molecule has 13 heavy (non-hydrogen) atoms. The highest BCUT2D eigenvalue weighted by atomic mass is 32.2. The van der Waals surface area contributed by atoms with Gasteiger partial charge in [-0.15, -0.1) is 0 Å². The lowest BCUT2D eigenvalue weighted by Gasteiger charge is -2.02. The van der Waals surface area contributed by atoms with Crippen molar-refractivity contribution in [2.24, 2.45) is 5.73 Å². The molecule has 2 N–H and O–H groups in total. The van der Waals surface area contributed by atoms with E-state index in [2.05, 4.69) is 0 Å². The molecule has 0 bridgehead atoms. The normalized spacial score (nSPS) is 11.5. The minimum atomic E-state index is -3.15. The van der Waals surface area contributed by atoms with Gasteiger partial charge in [0.2, 0.25) is 0 Å². The molecule has 0 atom stereocenters. The quantitative estimate of drug-likeness (QED) is 0.780. The zero-order valence-corrected chi connectivity index (χ0v) is 8.34. The van der Waals surface area contributed by atoms with Crippen molar-refractivity contribution in [3.05, 3.63) is 29.8 Å². The molecule has 0 aliphatic rings. The molecule has 0 amide bonds. The van der Waals surface area contributed by atoms with E-state index in [-0.39, 0.29) is 12.3 Å². The molecule has 72 valence electrons. The molecular formula is C9H13NO2S. The zero-order valence-electron chi connectivity index (χ0n) is 7.53. The summed E-state index contributed by atoms with van der Waals surface area (Å²) in [6, 6.07) is 6.79. The molecule has 0 unspecified atom stereocenters. The number of rotatable bonds is 3. The third-order valence-electron chi connectivity index (χ3n) is 1.77. The van der Waals surface area contributed by atoms with E-state index in [1.54, 1.807) is 24.3 Å². The molecule has 0 spiro atoms. The maximum Gasteiger partial charge on any atom is 0.179 e. The molecule has 4 heteroatoms. The van der Waals surface area contributed by atoms with Crippen LogP contribution in [0.4, 0.5) is 0 Å². The van der Waals surface area contributed by atoms with Crippen LogP contribution in [0, 0.1) is 6.92 Å². The molecule has 0 heterocycles. The third kappa shape index (κ3) is 2.54. The first kappa shape index (κ1) is 10.2. The van der Waals surface area contributed by atoms with Crippen molar-refractivity contribution < 1.29 is 8.42 Å². The first-order valence-electron chi connectivity index (χ1n) is 4.06. The van der Waals surface area contributed by atoms with Gasteiger partial charge in [0.25, 0.3) is 0 Å². The average Bonchev–Trinajstić information content (AvgIpc) is 2.05. The Morgan fingerprint density at radius 1 is 1.23 bits per heavy atom. The monoisotopic (exact) mass is 199 g/mol. The van der Waals surface area contributed by atoms with E-state index in [0.717, 1.165) is 5.56 Å². The largest absolute Gasteiger partial charge is 0.329 e. The Labute approximate surface area is 78.5 Å². The second kappa shape index (κ2) is 3.89. The van der Waals surface area contributed by atoms with Crippen molar-refractivity contribution in [2.75, 3.05) is 12.3 Å². The lowest BCUT2D eigenvalue weighted by atomic mass is 10.2. The van der Waals surface area contributed by atoms with Crippen LogP contribution in [0.15, 0.2) is 29.2 Å². The van der Waals surface area contributed by atoms with Gasteiger partial charge in [-0.3, -0.25) is 0 Å². The van der Waals surface area contributed by atoms with Crippen molar-refractivity contribution in [2.45, 2.75) is 11.8 Å². The van der Waals surface area contributed by atoms with E-state index in [0.29, 0.717) is 4.90 Å². The van der Waals surface area contributed by atoms with Gasteiger partial charge in [-0.05, 0) is 19.1 Å². The molecule has 0 saturated carbocycles. The Morgan fingerprint density at radius 2 is 1.77 bits per heavy atom. The topological polar surface area (TPSA) is 60.2 Å². The lowest BCUT2D eigenvalue weighted by molar-refractivity contribution is 0.596. The standard InChI is InChI=1S/C9H13NO2S/c1-8-2-4-9(5-3-8)13(11,12)7-6-10/h2-5H,6-7,10H2,1H3. The van der Waals surface area contributed by atoms with E-state index in [1.807, 2.05) is 6.92 Å². The van der Waals surface area contributed by atoms with Gasteiger partial charge in [0.05, 0.1) is 10.6 Å². The summed E-state index contributed by atoms with van der Waals surface area (Å²) in [6.07, 6.45) is 0. The Kier molecular flexibility index (Phi) is 3.06. The Balaban J connectivity index is 3.02. The summed E-state index contributed by atoms with van der Waals surface area (Å²) in [5.41, 5.74) is 6.25. The smallest absolute Gasteiger partial charge is 0.179 e. The lowest BCUT2D eigenvalue weighted by Crippen LogP contribution is -2.15. The van der Waals surface area contributed by atoms with E-state index >= 15 is 0 Å². The number of sulfone groups is 1. The van der Waals surface area contributed by atoms with E-state index in [9.17, 15) is 8.42 Å². The minimum absolute atomic E-state index is 0.00998. The van der Waals surface area contributed by atoms with Gasteiger partial charge in [-0.1, -0.05) is 17.7 Å². The summed E-state index contributed by atoms with van der Waals surface area (Å²) in [6.45, 7) is 2.08. The minimum Gasteiger partial charge on any atom is -0.329 e. The molecular weight excluding hydrogens is 186 g/mol. The third-order valence-corrected chi connectivity index (χ3v) is 3.53. The van der Waals surface area contributed by atoms with Gasteiger partial charge in [-0.25, -0.2) is 8.42 Å². The van der Waals surface area contributed by atoms with Crippen molar-refractivity contribution >= 4 is 9.84 Å². The number of benzene rings is 1. The molecule has 0 radical (unpaired) electrons. The predicted octanol–water partition coefficient (Wildman–Crippen LogP) is 0.727. The zero-order chi connectivity index (χ0) is 9.90. The molecule has 0 saturated heterocycles. The van der Waals surface area contributed by atoms with Crippen molar-refractivity contribution in [3.8, 4) is 0 Å². The van der Waals surface area contributed by atoms with Crippen LogP contribution in [0.25, 0.3) is 0 Å². The summed E-state index contributed by atoms with van der Waals surface area (Å²) in [7, 11) is -3.15. The fourth-order valence-electron chi connectivity index (χ4n) is 1.02. The molecule has 1 aromatic rings. The molecule has 1 aromatic carbocycles. The molecule has 0 fully saturated rings. The Bertz CT molecular complexity index is 367. The molecule has 0 aliphatic carbocycles. The van der Waals surface area contributed by atoms with Gasteiger partial charge < -0.3 is 5.73 Å². The van der Waals surface area contributed by atoms with Gasteiger partial charge in [0.15, 0.2) is 9.84 Å². The predicted molar refractivity (Wildman–Crippen MR) is 52.3 cm³/mol. The first-order chi connectivity index (χ1) is 6.06. The molecule has 3 nitrogen and oxygen atoms in total. The van der Waals surface area contributed by atoms with Crippen molar-refractivity contribution in [1.29, 1.82) is 0 Å². The van der Waals surface area contributed by atoms with Crippen molar-refractivity contribution in [3.63, 3.8) is 0 Å². The highest BCUT2D eigenvalue weighted by Gasteiger charge is 2.11. The first-order valence-corrected chi connectivity index (χ1v) is 5.71. The SMILES string of the molecule is Cc1ccc(S(=O)(=O)CCN)cc1. The fourth-order valence-corrected chi connectivity index (χ4v) is 2.12. The Morgan fingerprint density at radius 3 is 2.23 bits per heavy atom. The second-order valence-corrected chi connectivity index (χ2v) is 5.03. The maximum absolute atomic E-state index is 11.5. The number of aryl methyl sites for hydroxylation is 1. The van der Waals surface area contributed by atoms with Gasteiger partial charge in [0, 0.05) is 6.54 Å². The van der Waals surface area contributed by atoms with Crippen LogP contribution in [0.3, 0.4) is 0 Å². The van der Waals surface area contributed by atoms with Gasteiger partial charge in [0.1, 0.15) is 0 Å². The van der Waals surface area contributed by atoms with E-state index < -0.39 is 9.84 Å². The van der Waals surface area contributed by atoms with Crippen LogP contribution in [-0.4, -0.2) is 20.7 Å².